The number of nitriles is 1. The molecule has 140 valence electrons. The van der Waals surface area contributed by atoms with Gasteiger partial charge in [-0.15, -0.1) is 0 Å². The summed E-state index contributed by atoms with van der Waals surface area (Å²) in [7, 11) is 1.63. The van der Waals surface area contributed by atoms with Crippen LogP contribution < -0.4 is 4.74 Å². The van der Waals surface area contributed by atoms with Crippen LogP contribution in [0, 0.1) is 35.3 Å². The SMILES string of the molecule is COc1cccc(-n2c(C)cc(/C=C(\C#N)c3ccc([N+](=O)[O-])cc3)c2C)c1. The lowest BCUT2D eigenvalue weighted by atomic mass is 10.0. The van der Waals surface area contributed by atoms with Gasteiger partial charge in [0.2, 0.25) is 0 Å². The van der Waals surface area contributed by atoms with Crippen LogP contribution in [0.1, 0.15) is 22.5 Å². The van der Waals surface area contributed by atoms with E-state index in [1.807, 2.05) is 44.2 Å². The number of nitro benzene ring substituents is 1. The Hall–Kier alpha value is -3.85. The van der Waals surface area contributed by atoms with Crippen molar-refractivity contribution < 1.29 is 9.66 Å². The minimum absolute atomic E-state index is 0.00255. The van der Waals surface area contributed by atoms with Gasteiger partial charge in [0.05, 0.1) is 23.7 Å². The molecule has 0 amide bonds. The summed E-state index contributed by atoms with van der Waals surface area (Å²) in [5, 5.41) is 20.4. The van der Waals surface area contributed by atoms with E-state index in [1.54, 1.807) is 25.3 Å². The quantitative estimate of drug-likeness (QED) is 0.355. The number of allylic oxidation sites excluding steroid dienone is 1. The highest BCUT2D eigenvalue weighted by Gasteiger charge is 2.12. The minimum Gasteiger partial charge on any atom is -0.497 e. The van der Waals surface area contributed by atoms with Crippen LogP contribution in [-0.4, -0.2) is 16.6 Å². The molecule has 0 radical (unpaired) electrons. The number of nitro groups is 1. The minimum atomic E-state index is -0.457. The van der Waals surface area contributed by atoms with Crippen molar-refractivity contribution in [2.75, 3.05) is 7.11 Å². The van der Waals surface area contributed by atoms with Crippen LogP contribution in [0.25, 0.3) is 17.3 Å². The molecule has 0 N–H and O–H groups in total. The van der Waals surface area contributed by atoms with Gasteiger partial charge in [-0.3, -0.25) is 10.1 Å². The van der Waals surface area contributed by atoms with E-state index in [4.69, 9.17) is 4.74 Å². The van der Waals surface area contributed by atoms with Gasteiger partial charge >= 0.3 is 0 Å². The summed E-state index contributed by atoms with van der Waals surface area (Å²) < 4.78 is 7.41. The number of benzene rings is 2. The first-order chi connectivity index (χ1) is 13.4. The molecule has 1 heterocycles. The van der Waals surface area contributed by atoms with Gasteiger partial charge in [-0.2, -0.15) is 5.26 Å². The zero-order valence-electron chi connectivity index (χ0n) is 15.8. The summed E-state index contributed by atoms with van der Waals surface area (Å²) in [5.74, 6) is 0.769. The van der Waals surface area contributed by atoms with Crippen molar-refractivity contribution in [3.63, 3.8) is 0 Å². The molecule has 6 heteroatoms. The van der Waals surface area contributed by atoms with Gasteiger partial charge in [-0.1, -0.05) is 6.07 Å². The topological polar surface area (TPSA) is 81.1 Å². The van der Waals surface area contributed by atoms with Crippen molar-refractivity contribution in [2.45, 2.75) is 13.8 Å². The number of methoxy groups -OCH3 is 1. The third-order valence-electron chi connectivity index (χ3n) is 4.59. The summed E-state index contributed by atoms with van der Waals surface area (Å²) >= 11 is 0. The van der Waals surface area contributed by atoms with Crippen molar-refractivity contribution in [3.05, 3.63) is 87.2 Å². The van der Waals surface area contributed by atoms with Crippen LogP contribution in [0.4, 0.5) is 5.69 Å². The molecule has 0 aliphatic rings. The van der Waals surface area contributed by atoms with Crippen LogP contribution in [0.15, 0.2) is 54.6 Å². The van der Waals surface area contributed by atoms with Gasteiger partial charge in [-0.25, -0.2) is 0 Å². The molecule has 0 saturated heterocycles. The molecule has 0 unspecified atom stereocenters. The lowest BCUT2D eigenvalue weighted by Crippen LogP contribution is -1.99. The fourth-order valence-corrected chi connectivity index (χ4v) is 3.18. The predicted molar refractivity (Wildman–Crippen MR) is 108 cm³/mol. The van der Waals surface area contributed by atoms with Gasteiger partial charge in [0.1, 0.15) is 5.75 Å². The molecule has 0 atom stereocenters. The Morgan fingerprint density at radius 1 is 1.18 bits per heavy atom. The lowest BCUT2D eigenvalue weighted by molar-refractivity contribution is -0.384. The molecule has 3 aromatic rings. The maximum absolute atomic E-state index is 10.8. The number of rotatable bonds is 5. The largest absolute Gasteiger partial charge is 0.497 e. The predicted octanol–water partition coefficient (Wildman–Crippen LogP) is 5.08. The smallest absolute Gasteiger partial charge is 0.269 e. The summed E-state index contributed by atoms with van der Waals surface area (Å²) in [5.41, 5.74) is 4.98. The zero-order valence-corrected chi connectivity index (χ0v) is 15.8. The number of non-ortho nitro benzene ring substituents is 1. The Morgan fingerprint density at radius 3 is 2.50 bits per heavy atom. The van der Waals surface area contributed by atoms with Crippen LogP contribution in [0.2, 0.25) is 0 Å². The number of ether oxygens (including phenoxy) is 1. The third kappa shape index (κ3) is 3.64. The summed E-state index contributed by atoms with van der Waals surface area (Å²) in [6.45, 7) is 3.99. The molecule has 6 nitrogen and oxygen atoms in total. The third-order valence-corrected chi connectivity index (χ3v) is 4.59. The van der Waals surface area contributed by atoms with Crippen LogP contribution in [-0.2, 0) is 0 Å². The lowest BCUT2D eigenvalue weighted by Gasteiger charge is -2.11. The Labute approximate surface area is 163 Å². The Bertz CT molecular complexity index is 1100. The number of nitrogens with zero attached hydrogens (tertiary/aromatic N) is 3. The second-order valence-corrected chi connectivity index (χ2v) is 6.34. The van der Waals surface area contributed by atoms with E-state index < -0.39 is 4.92 Å². The highest BCUT2D eigenvalue weighted by atomic mass is 16.6. The van der Waals surface area contributed by atoms with E-state index >= 15 is 0 Å². The van der Waals surface area contributed by atoms with Crippen molar-refractivity contribution in [3.8, 4) is 17.5 Å². The second-order valence-electron chi connectivity index (χ2n) is 6.34. The van der Waals surface area contributed by atoms with E-state index in [1.165, 1.54) is 12.1 Å². The highest BCUT2D eigenvalue weighted by Crippen LogP contribution is 2.27. The van der Waals surface area contributed by atoms with E-state index in [0.717, 1.165) is 28.4 Å². The molecule has 28 heavy (non-hydrogen) atoms. The Kier molecular flexibility index (Phi) is 5.28. The summed E-state index contributed by atoms with van der Waals surface area (Å²) in [6, 6.07) is 18.0. The molecule has 1 aromatic heterocycles. The Morgan fingerprint density at radius 2 is 1.89 bits per heavy atom. The summed E-state index contributed by atoms with van der Waals surface area (Å²) in [6.07, 6.45) is 1.81. The molecular weight excluding hydrogens is 354 g/mol. The molecule has 2 aromatic carbocycles. The molecule has 0 bridgehead atoms. The van der Waals surface area contributed by atoms with E-state index in [9.17, 15) is 15.4 Å². The standard InChI is InChI=1S/C22H19N3O3/c1-15-11-18(16(2)24(15)21-5-4-6-22(13-21)28-3)12-19(14-23)17-7-9-20(10-8-17)25(26)27/h4-13H,1-3H3/b19-12+. The van der Waals surface area contributed by atoms with E-state index in [2.05, 4.69) is 10.6 Å². The van der Waals surface area contributed by atoms with E-state index in [-0.39, 0.29) is 5.69 Å². The monoisotopic (exact) mass is 373 g/mol. The number of hydrogen-bond donors (Lipinski definition) is 0. The average Bonchev–Trinajstić information content (AvgIpc) is 2.99. The van der Waals surface area contributed by atoms with Gasteiger partial charge in [0, 0.05) is 35.3 Å². The van der Waals surface area contributed by atoms with Crippen LogP contribution in [0.5, 0.6) is 5.75 Å². The maximum atomic E-state index is 10.8. The van der Waals surface area contributed by atoms with Gasteiger partial charge in [0.25, 0.3) is 5.69 Å². The first-order valence-corrected chi connectivity index (χ1v) is 8.64. The average molecular weight is 373 g/mol. The zero-order chi connectivity index (χ0) is 20.3. The van der Waals surface area contributed by atoms with Crippen LogP contribution >= 0.6 is 0 Å². The first-order valence-electron chi connectivity index (χ1n) is 8.64. The Balaban J connectivity index is 2.03. The van der Waals surface area contributed by atoms with E-state index in [0.29, 0.717) is 11.1 Å². The molecular formula is C22H19N3O3. The van der Waals surface area contributed by atoms with Crippen molar-refractivity contribution in [2.24, 2.45) is 0 Å². The van der Waals surface area contributed by atoms with Crippen LogP contribution in [0.3, 0.4) is 0 Å². The van der Waals surface area contributed by atoms with Gasteiger partial charge in [-0.05, 0) is 61.4 Å². The highest BCUT2D eigenvalue weighted by molar-refractivity contribution is 5.90. The van der Waals surface area contributed by atoms with Gasteiger partial charge < -0.3 is 9.30 Å². The molecule has 0 aliphatic heterocycles. The summed E-state index contributed by atoms with van der Waals surface area (Å²) in [4.78, 5) is 10.4. The van der Waals surface area contributed by atoms with Crippen molar-refractivity contribution in [1.82, 2.24) is 4.57 Å². The van der Waals surface area contributed by atoms with Crippen molar-refractivity contribution >= 4 is 17.3 Å². The fraction of sp³-hybridized carbons (Fsp3) is 0.136. The van der Waals surface area contributed by atoms with Crippen molar-refractivity contribution in [1.29, 1.82) is 5.26 Å². The number of hydrogen-bond acceptors (Lipinski definition) is 4. The molecule has 0 aliphatic carbocycles. The number of aryl methyl sites for hydroxylation is 1. The molecule has 3 rings (SSSR count). The second kappa shape index (κ2) is 7.80. The molecule has 0 saturated carbocycles. The number of aromatic nitrogens is 1. The molecule has 0 fully saturated rings. The molecule has 0 spiro atoms. The maximum Gasteiger partial charge on any atom is 0.269 e. The van der Waals surface area contributed by atoms with Gasteiger partial charge in [0.15, 0.2) is 0 Å². The normalized spacial score (nSPS) is 11.1. The first kappa shape index (κ1) is 18.9. The fourth-order valence-electron chi connectivity index (χ4n) is 3.18.